The molecule has 0 bridgehead atoms. The van der Waals surface area contributed by atoms with Crippen LogP contribution >= 0.6 is 0 Å². The highest BCUT2D eigenvalue weighted by atomic mass is 32.2. The van der Waals surface area contributed by atoms with Gasteiger partial charge in [-0.1, -0.05) is 30.3 Å². The first-order valence-electron chi connectivity index (χ1n) is 9.33. The molecular weight excluding hydrogens is 376 g/mol. The van der Waals surface area contributed by atoms with E-state index in [9.17, 15) is 13.2 Å². The number of ether oxygens (including phenoxy) is 1. The van der Waals surface area contributed by atoms with Crippen molar-refractivity contribution in [2.24, 2.45) is 0 Å². The Morgan fingerprint density at radius 3 is 2.57 bits per heavy atom. The number of carbonyl (C=O) groups is 1. The number of fused-ring (bicyclic) bond motifs is 1. The number of para-hydroxylation sites is 1. The molecule has 0 aromatic heterocycles. The third kappa shape index (κ3) is 3.52. The lowest BCUT2D eigenvalue weighted by molar-refractivity contribution is -0.123. The zero-order chi connectivity index (χ0) is 19.9. The number of benzene rings is 2. The van der Waals surface area contributed by atoms with E-state index in [-0.39, 0.29) is 36.0 Å². The van der Waals surface area contributed by atoms with Gasteiger partial charge in [-0.2, -0.15) is 0 Å². The summed E-state index contributed by atoms with van der Waals surface area (Å²) in [6, 6.07) is 14.7. The third-order valence-corrected chi connectivity index (χ3v) is 7.25. The maximum atomic E-state index is 13.1. The van der Waals surface area contributed by atoms with Crippen LogP contribution < -0.4 is 9.64 Å². The van der Waals surface area contributed by atoms with Crippen molar-refractivity contribution >= 4 is 21.4 Å². The molecule has 2 fully saturated rings. The zero-order valence-electron chi connectivity index (χ0n) is 16.0. The minimum atomic E-state index is -3.21. The lowest BCUT2D eigenvalue weighted by Gasteiger charge is -2.43. The molecule has 2 saturated heterocycles. The number of piperazine rings is 1. The van der Waals surface area contributed by atoms with E-state index >= 15 is 0 Å². The number of nitrogens with zero attached hydrogens (tertiary/aromatic N) is 2. The van der Waals surface area contributed by atoms with E-state index < -0.39 is 9.84 Å². The number of hydrogen-bond acceptors (Lipinski definition) is 5. The van der Waals surface area contributed by atoms with Gasteiger partial charge in [-0.25, -0.2) is 8.42 Å². The molecule has 2 aliphatic rings. The van der Waals surface area contributed by atoms with Gasteiger partial charge in [0.05, 0.1) is 31.2 Å². The Labute approximate surface area is 165 Å². The molecule has 0 N–H and O–H groups in total. The van der Waals surface area contributed by atoms with Crippen molar-refractivity contribution in [1.29, 1.82) is 0 Å². The van der Waals surface area contributed by atoms with Crippen LogP contribution in [0.4, 0.5) is 5.69 Å². The number of methoxy groups -OCH3 is 1. The summed E-state index contributed by atoms with van der Waals surface area (Å²) in [5, 5.41) is 0. The van der Waals surface area contributed by atoms with Gasteiger partial charge in [0, 0.05) is 23.8 Å². The van der Waals surface area contributed by atoms with Gasteiger partial charge < -0.3 is 9.64 Å². The standard InChI is InChI=1S/C21H24N2O4S/c1-15-6-5-8-17(10-15)23-19-14-28(25,26)13-18(19)22(12-21(23)24)11-16-7-3-4-9-20(16)27-2/h3-10,18-19H,11-14H2,1-2H3. The largest absolute Gasteiger partial charge is 0.496 e. The number of sulfone groups is 1. The van der Waals surface area contributed by atoms with E-state index in [0.717, 1.165) is 22.6 Å². The van der Waals surface area contributed by atoms with Gasteiger partial charge >= 0.3 is 0 Å². The van der Waals surface area contributed by atoms with Gasteiger partial charge in [0.2, 0.25) is 5.91 Å². The fourth-order valence-electron chi connectivity index (χ4n) is 4.30. The minimum Gasteiger partial charge on any atom is -0.496 e. The SMILES string of the molecule is COc1ccccc1CN1CC(=O)N(c2cccc(C)c2)C2CS(=O)(=O)CC21. The van der Waals surface area contributed by atoms with Gasteiger partial charge in [0.1, 0.15) is 5.75 Å². The molecule has 7 heteroatoms. The molecule has 1 amide bonds. The minimum absolute atomic E-state index is 0.000225. The van der Waals surface area contributed by atoms with E-state index in [1.165, 1.54) is 0 Å². The molecule has 2 aromatic rings. The maximum Gasteiger partial charge on any atom is 0.241 e. The molecule has 0 spiro atoms. The summed E-state index contributed by atoms with van der Waals surface area (Å²) in [6.07, 6.45) is 0. The van der Waals surface area contributed by atoms with E-state index in [0.29, 0.717) is 6.54 Å². The van der Waals surface area contributed by atoms with Gasteiger partial charge in [-0.05, 0) is 30.7 Å². The second kappa shape index (κ2) is 7.22. The normalized spacial score (nSPS) is 24.2. The number of carbonyl (C=O) groups excluding carboxylic acids is 1. The first kappa shape index (κ1) is 19.0. The molecule has 148 valence electrons. The fourth-order valence-corrected chi connectivity index (χ4v) is 6.28. The van der Waals surface area contributed by atoms with Crippen molar-refractivity contribution in [1.82, 2.24) is 4.90 Å². The first-order valence-corrected chi connectivity index (χ1v) is 11.2. The van der Waals surface area contributed by atoms with Crippen LogP contribution in [0.25, 0.3) is 0 Å². The molecule has 6 nitrogen and oxygen atoms in total. The first-order chi connectivity index (χ1) is 13.4. The Bertz CT molecular complexity index is 1000. The highest BCUT2D eigenvalue weighted by Gasteiger charge is 2.49. The van der Waals surface area contributed by atoms with E-state index in [2.05, 4.69) is 0 Å². The highest BCUT2D eigenvalue weighted by molar-refractivity contribution is 7.91. The van der Waals surface area contributed by atoms with Crippen molar-refractivity contribution in [2.45, 2.75) is 25.6 Å². The molecule has 28 heavy (non-hydrogen) atoms. The number of amides is 1. The lowest BCUT2D eigenvalue weighted by Crippen LogP contribution is -2.61. The quantitative estimate of drug-likeness (QED) is 0.786. The van der Waals surface area contributed by atoms with E-state index in [1.54, 1.807) is 12.0 Å². The summed E-state index contributed by atoms with van der Waals surface area (Å²) in [5.41, 5.74) is 2.76. The molecule has 0 radical (unpaired) electrons. The Morgan fingerprint density at radius 1 is 1.07 bits per heavy atom. The highest BCUT2D eigenvalue weighted by Crippen LogP contribution is 2.33. The van der Waals surface area contributed by atoms with Gasteiger partial charge in [0.15, 0.2) is 9.84 Å². The molecule has 2 aliphatic heterocycles. The Hall–Kier alpha value is -2.38. The molecule has 2 aromatic carbocycles. The van der Waals surface area contributed by atoms with Gasteiger partial charge in [-0.15, -0.1) is 0 Å². The summed E-state index contributed by atoms with van der Waals surface area (Å²) < 4.78 is 30.4. The number of anilines is 1. The van der Waals surface area contributed by atoms with Crippen molar-refractivity contribution < 1.29 is 17.9 Å². The fraction of sp³-hybridized carbons (Fsp3) is 0.381. The van der Waals surface area contributed by atoms with Crippen LogP contribution in [0.3, 0.4) is 0 Å². The van der Waals surface area contributed by atoms with Crippen molar-refractivity contribution in [3.63, 3.8) is 0 Å². The Balaban J connectivity index is 1.68. The smallest absolute Gasteiger partial charge is 0.241 e. The lowest BCUT2D eigenvalue weighted by atomic mass is 10.0. The number of aryl methyl sites for hydroxylation is 1. The average molecular weight is 401 g/mol. The maximum absolute atomic E-state index is 13.1. The second-order valence-electron chi connectivity index (χ2n) is 7.53. The van der Waals surface area contributed by atoms with Gasteiger partial charge in [0.25, 0.3) is 0 Å². The monoisotopic (exact) mass is 400 g/mol. The molecule has 2 atom stereocenters. The third-order valence-electron chi connectivity index (χ3n) is 5.55. The summed E-state index contributed by atoms with van der Waals surface area (Å²) in [7, 11) is -1.60. The van der Waals surface area contributed by atoms with Crippen LogP contribution in [-0.4, -0.2) is 56.5 Å². The molecule has 4 rings (SSSR count). The summed E-state index contributed by atoms with van der Waals surface area (Å²) in [4.78, 5) is 16.8. The van der Waals surface area contributed by atoms with Crippen molar-refractivity contribution in [3.05, 3.63) is 59.7 Å². The van der Waals surface area contributed by atoms with E-state index in [1.807, 2.05) is 60.4 Å². The Kier molecular flexibility index (Phi) is 4.89. The molecule has 0 saturated carbocycles. The predicted molar refractivity (Wildman–Crippen MR) is 108 cm³/mol. The topological polar surface area (TPSA) is 66.9 Å². The molecule has 0 aliphatic carbocycles. The van der Waals surface area contributed by atoms with Crippen LogP contribution in [-0.2, 0) is 21.2 Å². The number of hydrogen-bond donors (Lipinski definition) is 0. The van der Waals surface area contributed by atoms with Crippen molar-refractivity contribution in [3.8, 4) is 5.75 Å². The summed E-state index contributed by atoms with van der Waals surface area (Å²) >= 11 is 0. The van der Waals surface area contributed by atoms with Crippen LogP contribution in [0, 0.1) is 6.92 Å². The van der Waals surface area contributed by atoms with Crippen LogP contribution in [0.5, 0.6) is 5.75 Å². The summed E-state index contributed by atoms with van der Waals surface area (Å²) in [5.74, 6) is 0.745. The molecular formula is C21H24N2O4S. The number of rotatable bonds is 4. The zero-order valence-corrected chi connectivity index (χ0v) is 16.9. The van der Waals surface area contributed by atoms with Crippen LogP contribution in [0.1, 0.15) is 11.1 Å². The van der Waals surface area contributed by atoms with Crippen molar-refractivity contribution in [2.75, 3.05) is 30.1 Å². The van der Waals surface area contributed by atoms with Crippen LogP contribution in [0.15, 0.2) is 48.5 Å². The summed E-state index contributed by atoms with van der Waals surface area (Å²) in [6.45, 7) is 2.63. The predicted octanol–water partition coefficient (Wildman–Crippen LogP) is 2.02. The van der Waals surface area contributed by atoms with Gasteiger partial charge in [-0.3, -0.25) is 9.69 Å². The van der Waals surface area contributed by atoms with Crippen LogP contribution in [0.2, 0.25) is 0 Å². The Morgan fingerprint density at radius 2 is 1.82 bits per heavy atom. The molecule has 2 heterocycles. The average Bonchev–Trinajstić information content (AvgIpc) is 2.97. The second-order valence-corrected chi connectivity index (χ2v) is 9.68. The molecule has 2 unspecified atom stereocenters. The van der Waals surface area contributed by atoms with E-state index in [4.69, 9.17) is 4.74 Å².